The van der Waals surface area contributed by atoms with Crippen molar-refractivity contribution < 1.29 is 4.79 Å². The molecule has 0 radical (unpaired) electrons. The predicted octanol–water partition coefficient (Wildman–Crippen LogP) is 3.14. The summed E-state index contributed by atoms with van der Waals surface area (Å²) in [4.78, 5) is 19.0. The molecule has 4 nitrogen and oxygen atoms in total. The summed E-state index contributed by atoms with van der Waals surface area (Å²) in [7, 11) is 0. The fourth-order valence-electron chi connectivity index (χ4n) is 3.72. The van der Waals surface area contributed by atoms with Gasteiger partial charge in [0.05, 0.1) is 5.92 Å². The number of carbonyl (C=O) groups is 1. The van der Waals surface area contributed by atoms with E-state index in [-0.39, 0.29) is 11.8 Å². The Morgan fingerprint density at radius 3 is 2.50 bits per heavy atom. The van der Waals surface area contributed by atoms with Crippen molar-refractivity contribution in [1.29, 1.82) is 0 Å². The van der Waals surface area contributed by atoms with Crippen LogP contribution in [0.3, 0.4) is 0 Å². The molecule has 1 atom stereocenters. The van der Waals surface area contributed by atoms with Gasteiger partial charge in [-0.1, -0.05) is 25.7 Å². The number of nitrogens with zero attached hydrogens (tertiary/aromatic N) is 2. The van der Waals surface area contributed by atoms with Crippen LogP contribution in [0, 0.1) is 5.92 Å². The summed E-state index contributed by atoms with van der Waals surface area (Å²) in [6.07, 6.45) is 13.2. The summed E-state index contributed by atoms with van der Waals surface area (Å²) < 4.78 is 0. The fourth-order valence-corrected chi connectivity index (χ4v) is 3.72. The van der Waals surface area contributed by atoms with Gasteiger partial charge < -0.3 is 10.2 Å². The molecule has 4 heteroatoms. The molecule has 3 rings (SSSR count). The number of rotatable bonds is 3. The minimum atomic E-state index is 0.130. The lowest BCUT2D eigenvalue weighted by atomic mass is 9.96. The highest BCUT2D eigenvalue weighted by Crippen LogP contribution is 2.24. The zero-order valence-electron chi connectivity index (χ0n) is 13.3. The fraction of sp³-hybridized carbons (Fsp3) is 0.667. The Labute approximate surface area is 133 Å². The second kappa shape index (κ2) is 7.61. The number of piperidine rings is 1. The smallest absolute Gasteiger partial charge is 0.225 e. The van der Waals surface area contributed by atoms with Gasteiger partial charge in [-0.05, 0) is 37.8 Å². The molecule has 0 bridgehead atoms. The summed E-state index contributed by atoms with van der Waals surface area (Å²) in [5.74, 6) is 0.399. The van der Waals surface area contributed by atoms with E-state index in [0.29, 0.717) is 6.04 Å². The number of anilines is 1. The Morgan fingerprint density at radius 2 is 1.77 bits per heavy atom. The van der Waals surface area contributed by atoms with Crippen molar-refractivity contribution in [2.45, 2.75) is 57.4 Å². The summed E-state index contributed by atoms with van der Waals surface area (Å²) in [5, 5.41) is 3.32. The maximum atomic E-state index is 12.6. The van der Waals surface area contributed by atoms with E-state index in [1.54, 1.807) is 0 Å². The molecule has 1 aromatic rings. The third-order valence-electron chi connectivity index (χ3n) is 5.02. The van der Waals surface area contributed by atoms with Crippen molar-refractivity contribution in [3.8, 4) is 0 Å². The number of carbonyl (C=O) groups excluding carboxylic acids is 1. The zero-order chi connectivity index (χ0) is 15.2. The first-order chi connectivity index (χ1) is 10.8. The van der Waals surface area contributed by atoms with Crippen molar-refractivity contribution in [3.05, 3.63) is 24.5 Å². The summed E-state index contributed by atoms with van der Waals surface area (Å²) >= 11 is 0. The highest BCUT2D eigenvalue weighted by atomic mass is 16.2. The molecular weight excluding hydrogens is 274 g/mol. The monoisotopic (exact) mass is 301 g/mol. The molecule has 1 aliphatic carbocycles. The van der Waals surface area contributed by atoms with Gasteiger partial charge in [0.2, 0.25) is 5.91 Å². The predicted molar refractivity (Wildman–Crippen MR) is 88.8 cm³/mol. The van der Waals surface area contributed by atoms with Crippen LogP contribution in [-0.4, -0.2) is 30.0 Å². The van der Waals surface area contributed by atoms with Crippen LogP contribution in [0.25, 0.3) is 0 Å². The molecule has 0 unspecified atom stereocenters. The van der Waals surface area contributed by atoms with Gasteiger partial charge in [-0.3, -0.25) is 9.78 Å². The van der Waals surface area contributed by atoms with Crippen LogP contribution < -0.4 is 10.2 Å². The van der Waals surface area contributed by atoms with Crippen molar-refractivity contribution in [2.75, 3.05) is 18.0 Å². The van der Waals surface area contributed by atoms with Crippen molar-refractivity contribution in [1.82, 2.24) is 10.3 Å². The number of nitrogens with one attached hydrogen (secondary N) is 1. The van der Waals surface area contributed by atoms with Crippen LogP contribution in [-0.2, 0) is 4.79 Å². The Hall–Kier alpha value is -1.58. The largest absolute Gasteiger partial charge is 0.371 e. The van der Waals surface area contributed by atoms with Gasteiger partial charge in [-0.25, -0.2) is 0 Å². The van der Waals surface area contributed by atoms with Crippen LogP contribution in [0.15, 0.2) is 24.5 Å². The molecule has 1 aliphatic heterocycles. The molecule has 22 heavy (non-hydrogen) atoms. The second-order valence-corrected chi connectivity index (χ2v) is 6.69. The third-order valence-corrected chi connectivity index (χ3v) is 5.02. The van der Waals surface area contributed by atoms with E-state index in [4.69, 9.17) is 0 Å². The first kappa shape index (κ1) is 15.3. The molecule has 2 aliphatic rings. The maximum absolute atomic E-state index is 12.6. The summed E-state index contributed by atoms with van der Waals surface area (Å²) in [5.41, 5.74) is 1.18. The Bertz CT molecular complexity index is 468. The van der Waals surface area contributed by atoms with E-state index in [2.05, 4.69) is 15.2 Å². The van der Waals surface area contributed by atoms with Crippen LogP contribution >= 0.6 is 0 Å². The molecule has 120 valence electrons. The number of hydrogen-bond donors (Lipinski definition) is 1. The standard InChI is InChI=1S/C18H27N3O/c22-18(20-16-7-3-1-2-4-8-16)15-6-5-13-21(14-15)17-9-11-19-12-10-17/h9-12,15-16H,1-8,13-14H2,(H,20,22)/t15-/m0/s1. The Kier molecular flexibility index (Phi) is 5.30. The molecule has 0 spiro atoms. The molecule has 2 fully saturated rings. The van der Waals surface area contributed by atoms with E-state index in [1.807, 2.05) is 24.5 Å². The van der Waals surface area contributed by atoms with E-state index in [0.717, 1.165) is 38.8 Å². The highest BCUT2D eigenvalue weighted by molar-refractivity contribution is 5.80. The van der Waals surface area contributed by atoms with E-state index in [9.17, 15) is 4.79 Å². The zero-order valence-corrected chi connectivity index (χ0v) is 13.3. The number of aromatic nitrogens is 1. The van der Waals surface area contributed by atoms with Gasteiger partial charge in [0.25, 0.3) is 0 Å². The topological polar surface area (TPSA) is 45.2 Å². The molecule has 2 heterocycles. The van der Waals surface area contributed by atoms with Crippen molar-refractivity contribution in [3.63, 3.8) is 0 Å². The van der Waals surface area contributed by atoms with Crippen LogP contribution in [0.2, 0.25) is 0 Å². The lowest BCUT2D eigenvalue weighted by Gasteiger charge is -2.34. The van der Waals surface area contributed by atoms with Gasteiger partial charge in [0.1, 0.15) is 0 Å². The van der Waals surface area contributed by atoms with Crippen molar-refractivity contribution >= 4 is 11.6 Å². The first-order valence-corrected chi connectivity index (χ1v) is 8.78. The van der Waals surface area contributed by atoms with Gasteiger partial charge in [0.15, 0.2) is 0 Å². The quantitative estimate of drug-likeness (QED) is 0.872. The lowest BCUT2D eigenvalue weighted by molar-refractivity contribution is -0.126. The average molecular weight is 301 g/mol. The van der Waals surface area contributed by atoms with E-state index in [1.165, 1.54) is 31.4 Å². The van der Waals surface area contributed by atoms with Crippen molar-refractivity contribution in [2.24, 2.45) is 5.92 Å². The molecule has 1 aromatic heterocycles. The molecule has 0 aromatic carbocycles. The van der Waals surface area contributed by atoms with E-state index < -0.39 is 0 Å². The first-order valence-electron chi connectivity index (χ1n) is 8.78. The number of pyridine rings is 1. The van der Waals surface area contributed by atoms with Crippen LogP contribution in [0.1, 0.15) is 51.4 Å². The Balaban J connectivity index is 1.55. The minimum absolute atomic E-state index is 0.130. The number of hydrogen-bond acceptors (Lipinski definition) is 3. The highest BCUT2D eigenvalue weighted by Gasteiger charge is 2.27. The van der Waals surface area contributed by atoms with Crippen LogP contribution in [0.4, 0.5) is 5.69 Å². The number of amides is 1. The Morgan fingerprint density at radius 1 is 1.05 bits per heavy atom. The molecule has 1 saturated heterocycles. The second-order valence-electron chi connectivity index (χ2n) is 6.69. The third kappa shape index (κ3) is 3.99. The van der Waals surface area contributed by atoms with Gasteiger partial charge in [-0.2, -0.15) is 0 Å². The minimum Gasteiger partial charge on any atom is -0.371 e. The van der Waals surface area contributed by atoms with E-state index >= 15 is 0 Å². The average Bonchev–Trinajstić information content (AvgIpc) is 2.84. The molecular formula is C18H27N3O. The molecule has 1 N–H and O–H groups in total. The maximum Gasteiger partial charge on any atom is 0.225 e. The van der Waals surface area contributed by atoms with Gasteiger partial charge in [0, 0.05) is 37.2 Å². The van der Waals surface area contributed by atoms with Gasteiger partial charge >= 0.3 is 0 Å². The van der Waals surface area contributed by atoms with Gasteiger partial charge in [-0.15, -0.1) is 0 Å². The normalized spacial score (nSPS) is 23.8. The summed E-state index contributed by atoms with van der Waals surface area (Å²) in [6.45, 7) is 1.87. The molecule has 1 saturated carbocycles. The molecule has 1 amide bonds. The summed E-state index contributed by atoms with van der Waals surface area (Å²) in [6, 6.07) is 4.48. The SMILES string of the molecule is O=C(NC1CCCCCC1)[C@H]1CCCN(c2ccncc2)C1. The lowest BCUT2D eigenvalue weighted by Crippen LogP contribution is -2.46. The van der Waals surface area contributed by atoms with Crippen LogP contribution in [0.5, 0.6) is 0 Å².